The van der Waals surface area contributed by atoms with Crippen LogP contribution in [-0.2, 0) is 14.3 Å². The number of anilines is 1. The number of hydrogen-bond acceptors (Lipinski definition) is 5. The predicted molar refractivity (Wildman–Crippen MR) is 157 cm³/mol. The van der Waals surface area contributed by atoms with E-state index in [1.54, 1.807) is 17.8 Å². The second-order valence-corrected chi connectivity index (χ2v) is 10.9. The lowest BCUT2D eigenvalue weighted by Gasteiger charge is -2.37. The molecule has 0 atom stereocenters. The van der Waals surface area contributed by atoms with E-state index in [0.717, 1.165) is 42.5 Å². The summed E-state index contributed by atoms with van der Waals surface area (Å²) in [6.07, 6.45) is 11.1. The lowest BCUT2D eigenvalue weighted by Crippen LogP contribution is -2.47. The van der Waals surface area contributed by atoms with Crippen LogP contribution in [0.5, 0.6) is 0 Å². The molecule has 0 unspecified atom stereocenters. The molecule has 0 bridgehead atoms. The molecule has 1 saturated heterocycles. The van der Waals surface area contributed by atoms with E-state index in [-0.39, 0.29) is 24.5 Å². The summed E-state index contributed by atoms with van der Waals surface area (Å²) in [7, 11) is 0. The van der Waals surface area contributed by atoms with Crippen molar-refractivity contribution in [3.63, 3.8) is 0 Å². The van der Waals surface area contributed by atoms with Gasteiger partial charge in [-0.3, -0.25) is 9.69 Å². The second kappa shape index (κ2) is 13.1. The van der Waals surface area contributed by atoms with E-state index >= 15 is 0 Å². The molecule has 7 nitrogen and oxygen atoms in total. The van der Waals surface area contributed by atoms with Crippen LogP contribution in [0.2, 0.25) is 0 Å². The fraction of sp³-hybridized carbons (Fsp3) is 0.424. The lowest BCUT2D eigenvalue weighted by atomic mass is 9.82. The minimum Gasteiger partial charge on any atom is -0.462 e. The van der Waals surface area contributed by atoms with Crippen molar-refractivity contribution in [1.82, 2.24) is 9.78 Å². The van der Waals surface area contributed by atoms with Crippen molar-refractivity contribution >= 4 is 29.8 Å². The average molecular weight is 542 g/mol. The number of hydrogen-bond donors (Lipinski definition) is 0. The number of benzene rings is 2. The number of carbonyl (C=O) groups excluding carboxylic acids is 2. The van der Waals surface area contributed by atoms with Crippen molar-refractivity contribution < 1.29 is 19.1 Å². The Kier molecular flexibility index (Phi) is 9.12. The number of carbonyl (C=O) groups is 2. The van der Waals surface area contributed by atoms with E-state index in [9.17, 15) is 9.59 Å². The molecule has 0 N–H and O–H groups in total. The molecule has 1 aromatic heterocycles. The van der Waals surface area contributed by atoms with Gasteiger partial charge in [0.05, 0.1) is 12.3 Å². The minimum atomic E-state index is -0.465. The quantitative estimate of drug-likeness (QED) is 0.239. The van der Waals surface area contributed by atoms with Crippen LogP contribution in [0, 0.1) is 11.8 Å². The Morgan fingerprint density at radius 3 is 2.25 bits per heavy atom. The van der Waals surface area contributed by atoms with Gasteiger partial charge in [0.1, 0.15) is 5.56 Å². The standard InChI is InChI=1S/C33H39N3O4/c1-3-40-33(38)30-23-35(28-17-13-26(14-18-28)12-11-25-7-5-4-6-8-25)34-31(30)36(29-19-21-39-22-20-29)32(37)27-15-9-24(2)10-16-27/h4-8,11-14,17-18,23-24,27,29H,3,9-10,15-16,19-22H2,1-2H3/b12-11+/t24-,27-. The highest BCUT2D eigenvalue weighted by molar-refractivity contribution is 6.02. The van der Waals surface area contributed by atoms with Crippen LogP contribution < -0.4 is 4.90 Å². The third kappa shape index (κ3) is 6.53. The predicted octanol–water partition coefficient (Wildman–Crippen LogP) is 6.56. The van der Waals surface area contributed by atoms with E-state index in [1.165, 1.54) is 0 Å². The molecular formula is C33H39N3O4. The number of ether oxygens (including phenoxy) is 2. The second-order valence-electron chi connectivity index (χ2n) is 10.9. The first-order valence-corrected chi connectivity index (χ1v) is 14.5. The molecule has 0 spiro atoms. The van der Waals surface area contributed by atoms with Crippen molar-refractivity contribution in [1.29, 1.82) is 0 Å². The summed E-state index contributed by atoms with van der Waals surface area (Å²) in [5, 5.41) is 4.88. The first-order chi connectivity index (χ1) is 19.5. The van der Waals surface area contributed by atoms with Crippen molar-refractivity contribution in [3.05, 3.63) is 77.5 Å². The molecule has 3 aromatic rings. The largest absolute Gasteiger partial charge is 0.462 e. The molecular weight excluding hydrogens is 502 g/mol. The minimum absolute atomic E-state index is 0.0603. The van der Waals surface area contributed by atoms with Crippen LogP contribution in [0.4, 0.5) is 5.82 Å². The van der Waals surface area contributed by atoms with Crippen LogP contribution in [0.15, 0.2) is 60.8 Å². The van der Waals surface area contributed by atoms with Gasteiger partial charge in [0.15, 0.2) is 5.82 Å². The Hall–Kier alpha value is -3.71. The van der Waals surface area contributed by atoms with Crippen LogP contribution in [0.3, 0.4) is 0 Å². The van der Waals surface area contributed by atoms with Gasteiger partial charge in [-0.25, -0.2) is 9.48 Å². The summed E-state index contributed by atoms with van der Waals surface area (Å²) in [4.78, 5) is 29.1. The van der Waals surface area contributed by atoms with Gasteiger partial charge in [-0.1, -0.05) is 61.5 Å². The Morgan fingerprint density at radius 2 is 1.60 bits per heavy atom. The Labute approximate surface area is 236 Å². The van der Waals surface area contributed by atoms with Crippen LogP contribution in [-0.4, -0.2) is 47.5 Å². The molecule has 2 aliphatic rings. The van der Waals surface area contributed by atoms with Crippen LogP contribution in [0.25, 0.3) is 17.8 Å². The van der Waals surface area contributed by atoms with E-state index < -0.39 is 5.97 Å². The molecule has 40 heavy (non-hydrogen) atoms. The zero-order chi connectivity index (χ0) is 27.9. The lowest BCUT2D eigenvalue weighted by molar-refractivity contribution is -0.124. The maximum absolute atomic E-state index is 14.1. The Balaban J connectivity index is 1.47. The molecule has 2 heterocycles. The summed E-state index contributed by atoms with van der Waals surface area (Å²) < 4.78 is 12.7. The molecule has 1 saturated carbocycles. The molecule has 5 rings (SSSR count). The summed E-state index contributed by atoms with van der Waals surface area (Å²) >= 11 is 0. The summed E-state index contributed by atoms with van der Waals surface area (Å²) in [6.45, 7) is 5.46. The number of nitrogens with zero attached hydrogens (tertiary/aromatic N) is 3. The highest BCUT2D eigenvalue weighted by atomic mass is 16.5. The molecule has 1 aliphatic carbocycles. The molecule has 210 valence electrons. The normalized spacial score (nSPS) is 19.9. The third-order valence-corrected chi connectivity index (χ3v) is 8.00. The van der Waals surface area contributed by atoms with Crippen molar-refractivity contribution in [2.75, 3.05) is 24.7 Å². The molecule has 7 heteroatoms. The summed E-state index contributed by atoms with van der Waals surface area (Å²) in [6, 6.07) is 18.1. The molecule has 1 amide bonds. The maximum atomic E-state index is 14.1. The first kappa shape index (κ1) is 27.8. The van der Waals surface area contributed by atoms with E-state index in [2.05, 4.69) is 31.2 Å². The van der Waals surface area contributed by atoms with Crippen molar-refractivity contribution in [3.8, 4) is 5.69 Å². The van der Waals surface area contributed by atoms with E-state index in [1.807, 2.05) is 47.4 Å². The molecule has 2 fully saturated rings. The fourth-order valence-electron chi connectivity index (χ4n) is 5.63. The number of esters is 1. The van der Waals surface area contributed by atoms with Crippen LogP contribution in [0.1, 0.15) is 73.9 Å². The van der Waals surface area contributed by atoms with Gasteiger partial charge in [-0.05, 0) is 74.6 Å². The van der Waals surface area contributed by atoms with Crippen molar-refractivity contribution in [2.45, 2.75) is 58.4 Å². The number of aromatic nitrogens is 2. The fourth-order valence-corrected chi connectivity index (χ4v) is 5.63. The zero-order valence-electron chi connectivity index (χ0n) is 23.5. The highest BCUT2D eigenvalue weighted by Crippen LogP contribution is 2.34. The Morgan fingerprint density at radius 1 is 0.950 bits per heavy atom. The number of rotatable bonds is 8. The van der Waals surface area contributed by atoms with Gasteiger partial charge in [0.2, 0.25) is 5.91 Å². The molecule has 1 aliphatic heterocycles. The third-order valence-electron chi connectivity index (χ3n) is 8.00. The summed E-state index contributed by atoms with van der Waals surface area (Å²) in [5.74, 6) is 0.571. The van der Waals surface area contributed by atoms with Crippen molar-refractivity contribution in [2.24, 2.45) is 11.8 Å². The summed E-state index contributed by atoms with van der Waals surface area (Å²) in [5.41, 5.74) is 3.31. The molecule has 0 radical (unpaired) electrons. The van der Waals surface area contributed by atoms with Gasteiger partial charge in [-0.15, -0.1) is 5.10 Å². The topological polar surface area (TPSA) is 73.7 Å². The monoisotopic (exact) mass is 541 g/mol. The average Bonchev–Trinajstić information content (AvgIpc) is 3.43. The smallest absolute Gasteiger partial charge is 0.343 e. The number of amides is 1. The first-order valence-electron chi connectivity index (χ1n) is 14.5. The SMILES string of the molecule is CCOC(=O)c1cn(-c2ccc(/C=C/c3ccccc3)cc2)nc1N(C(=O)[C@H]1CC[C@H](C)CC1)C1CCOCC1. The molecule has 2 aromatic carbocycles. The van der Waals surface area contributed by atoms with Gasteiger partial charge in [-0.2, -0.15) is 0 Å². The zero-order valence-corrected chi connectivity index (χ0v) is 23.5. The van der Waals surface area contributed by atoms with Gasteiger partial charge in [0, 0.05) is 31.4 Å². The Bertz CT molecular complexity index is 1300. The van der Waals surface area contributed by atoms with E-state index in [0.29, 0.717) is 43.4 Å². The van der Waals surface area contributed by atoms with E-state index in [4.69, 9.17) is 14.6 Å². The highest BCUT2D eigenvalue weighted by Gasteiger charge is 2.37. The maximum Gasteiger partial charge on any atom is 0.343 e. The van der Waals surface area contributed by atoms with Crippen LogP contribution >= 0.6 is 0 Å². The van der Waals surface area contributed by atoms with Gasteiger partial charge >= 0.3 is 5.97 Å². The van der Waals surface area contributed by atoms with Gasteiger partial charge < -0.3 is 9.47 Å². The van der Waals surface area contributed by atoms with Gasteiger partial charge in [0.25, 0.3) is 0 Å².